The molecule has 0 radical (unpaired) electrons. The first-order valence-electron chi connectivity index (χ1n) is 13.9. The number of benzene rings is 2. The number of nitrogens with one attached hydrogen (secondary N) is 1. The fourth-order valence-electron chi connectivity index (χ4n) is 5.29. The average Bonchev–Trinajstić information content (AvgIpc) is 3.19. The Labute approximate surface area is 241 Å². The van der Waals surface area contributed by atoms with Crippen LogP contribution in [0.5, 0.6) is 11.5 Å². The van der Waals surface area contributed by atoms with E-state index in [-0.39, 0.29) is 31.1 Å². The van der Waals surface area contributed by atoms with Gasteiger partial charge in [0.15, 0.2) is 11.6 Å². The largest absolute Gasteiger partial charge is 0.493 e. The van der Waals surface area contributed by atoms with Crippen molar-refractivity contribution in [3.05, 3.63) is 83.3 Å². The maximum Gasteiger partial charge on any atom is 0.182 e. The van der Waals surface area contributed by atoms with E-state index in [4.69, 9.17) is 29.6 Å². The van der Waals surface area contributed by atoms with Gasteiger partial charge in [-0.3, -0.25) is 9.67 Å². The number of rotatable bonds is 9. The minimum absolute atomic E-state index is 0.0121. The van der Waals surface area contributed by atoms with Gasteiger partial charge in [-0.15, -0.1) is 0 Å². The number of hydrogen-bond donors (Lipinski definition) is 2. The second-order valence-corrected chi connectivity index (χ2v) is 10.0. The van der Waals surface area contributed by atoms with E-state index >= 15 is 8.78 Å². The Morgan fingerprint density at radius 3 is 2.64 bits per heavy atom. The predicted octanol–water partition coefficient (Wildman–Crippen LogP) is 5.61. The zero-order chi connectivity index (χ0) is 29.1. The molecule has 11 heteroatoms. The zero-order valence-corrected chi connectivity index (χ0v) is 23.1. The molecule has 1 aliphatic rings. The lowest BCUT2D eigenvalue weighted by Crippen LogP contribution is -2.09. The molecular formula is C31H30F2N6O3. The summed E-state index contributed by atoms with van der Waals surface area (Å²) < 4.78 is 42.3. The molecule has 42 heavy (non-hydrogen) atoms. The molecule has 0 atom stereocenters. The lowest BCUT2D eigenvalue weighted by molar-refractivity contribution is 0.200. The Kier molecular flexibility index (Phi) is 7.91. The van der Waals surface area contributed by atoms with Gasteiger partial charge in [0.05, 0.1) is 37.7 Å². The minimum Gasteiger partial charge on any atom is -0.493 e. The van der Waals surface area contributed by atoms with Crippen molar-refractivity contribution in [3.63, 3.8) is 0 Å². The number of aliphatic hydroxyl groups excluding tert-OH is 1. The van der Waals surface area contributed by atoms with Gasteiger partial charge in [0.2, 0.25) is 0 Å². The maximum atomic E-state index is 15.0. The highest BCUT2D eigenvalue weighted by Crippen LogP contribution is 2.34. The van der Waals surface area contributed by atoms with Crippen molar-refractivity contribution in [1.82, 2.24) is 24.7 Å². The first-order chi connectivity index (χ1) is 20.6. The summed E-state index contributed by atoms with van der Waals surface area (Å²) >= 11 is 0. The Morgan fingerprint density at radius 2 is 1.83 bits per heavy atom. The summed E-state index contributed by atoms with van der Waals surface area (Å²) in [5.74, 6) is 0.182. The van der Waals surface area contributed by atoms with Crippen molar-refractivity contribution in [3.8, 4) is 23.0 Å². The molecule has 0 spiro atoms. The van der Waals surface area contributed by atoms with Crippen LogP contribution in [-0.2, 0) is 19.4 Å². The van der Waals surface area contributed by atoms with Gasteiger partial charge in [0.1, 0.15) is 35.5 Å². The van der Waals surface area contributed by atoms with E-state index in [1.807, 2.05) is 30.3 Å². The maximum absolute atomic E-state index is 15.0. The second-order valence-electron chi connectivity index (χ2n) is 10.0. The van der Waals surface area contributed by atoms with E-state index in [2.05, 4.69) is 10.3 Å². The van der Waals surface area contributed by atoms with Crippen molar-refractivity contribution in [2.24, 2.45) is 0 Å². The van der Waals surface area contributed by atoms with Gasteiger partial charge >= 0.3 is 0 Å². The number of aromatic nitrogens is 5. The molecule has 2 aromatic carbocycles. The van der Waals surface area contributed by atoms with E-state index in [1.165, 1.54) is 0 Å². The smallest absolute Gasteiger partial charge is 0.182 e. The van der Waals surface area contributed by atoms with Gasteiger partial charge in [-0.1, -0.05) is 24.6 Å². The molecule has 5 aromatic rings. The Hall–Kier alpha value is -4.64. The van der Waals surface area contributed by atoms with Gasteiger partial charge in [-0.2, -0.15) is 5.10 Å². The molecule has 3 aromatic heterocycles. The summed E-state index contributed by atoms with van der Waals surface area (Å²) in [6, 6.07) is 11.5. The SMILES string of the molecule is COc1cnccc1Nc1nc(-c2nn(Cc3c(F)cc(OCCO)cc3F)c3ccccc23)nc2c1CCCCC2. The number of hydrogen-bond acceptors (Lipinski definition) is 8. The van der Waals surface area contributed by atoms with Crippen LogP contribution in [0.2, 0.25) is 0 Å². The number of ether oxygens (including phenoxy) is 2. The number of nitrogens with zero attached hydrogens (tertiary/aromatic N) is 5. The van der Waals surface area contributed by atoms with Crippen molar-refractivity contribution in [2.45, 2.75) is 38.6 Å². The predicted molar refractivity (Wildman–Crippen MR) is 154 cm³/mol. The summed E-state index contributed by atoms with van der Waals surface area (Å²) in [4.78, 5) is 14.1. The fraction of sp³-hybridized carbons (Fsp3) is 0.290. The Bertz CT molecular complexity index is 1720. The molecule has 0 unspecified atom stereocenters. The van der Waals surface area contributed by atoms with Crippen molar-refractivity contribution < 1.29 is 23.4 Å². The third-order valence-corrected chi connectivity index (χ3v) is 7.34. The standard InChI is InChI=1S/C31H30F2N6O3/c1-41-28-17-34-12-11-26(28)36-30-20-7-3-2-4-9-25(20)35-31(37-30)29-21-8-5-6-10-27(21)39(38-29)18-22-23(32)15-19(16-24(22)33)42-14-13-40/h5-6,8,10-12,15-17,40H,2-4,7,9,13-14,18H2,1H3,(H,34,35,36,37). The number of para-hydroxylation sites is 1. The van der Waals surface area contributed by atoms with Crippen LogP contribution in [-0.4, -0.2) is 50.2 Å². The van der Waals surface area contributed by atoms with Crippen LogP contribution in [0.15, 0.2) is 54.9 Å². The van der Waals surface area contributed by atoms with Gasteiger partial charge in [-0.05, 0) is 37.8 Å². The van der Waals surface area contributed by atoms with Crippen LogP contribution in [0.25, 0.3) is 22.4 Å². The van der Waals surface area contributed by atoms with Gasteiger partial charge < -0.3 is 19.9 Å². The van der Waals surface area contributed by atoms with E-state index in [1.54, 1.807) is 24.2 Å². The first kappa shape index (κ1) is 27.5. The van der Waals surface area contributed by atoms with Crippen LogP contribution in [0, 0.1) is 11.6 Å². The molecule has 0 saturated carbocycles. The summed E-state index contributed by atoms with van der Waals surface area (Å²) in [6.07, 6.45) is 8.14. The van der Waals surface area contributed by atoms with Gasteiger partial charge in [-0.25, -0.2) is 18.7 Å². The molecular weight excluding hydrogens is 542 g/mol. The van der Waals surface area contributed by atoms with Crippen LogP contribution >= 0.6 is 0 Å². The van der Waals surface area contributed by atoms with Crippen LogP contribution < -0.4 is 14.8 Å². The first-order valence-corrected chi connectivity index (χ1v) is 13.9. The van der Waals surface area contributed by atoms with Crippen LogP contribution in [0.1, 0.15) is 36.1 Å². The monoisotopic (exact) mass is 572 g/mol. The number of aliphatic hydroxyl groups is 1. The number of halogens is 2. The van der Waals surface area contributed by atoms with Gasteiger partial charge in [0.25, 0.3) is 0 Å². The average molecular weight is 573 g/mol. The molecule has 0 fully saturated rings. The summed E-state index contributed by atoms with van der Waals surface area (Å²) in [5, 5.41) is 18.0. The van der Waals surface area contributed by atoms with Gasteiger partial charge in [0, 0.05) is 40.5 Å². The van der Waals surface area contributed by atoms with Crippen molar-refractivity contribution in [1.29, 1.82) is 0 Å². The lowest BCUT2D eigenvalue weighted by atomic mass is 10.1. The Balaban J connectivity index is 1.44. The molecule has 1 aliphatic carbocycles. The third kappa shape index (κ3) is 5.47. The molecule has 216 valence electrons. The lowest BCUT2D eigenvalue weighted by Gasteiger charge is -2.16. The van der Waals surface area contributed by atoms with E-state index in [0.29, 0.717) is 28.6 Å². The normalized spacial score (nSPS) is 13.0. The van der Waals surface area contributed by atoms with Crippen LogP contribution in [0.4, 0.5) is 20.3 Å². The third-order valence-electron chi connectivity index (χ3n) is 7.34. The highest BCUT2D eigenvalue weighted by molar-refractivity contribution is 5.92. The summed E-state index contributed by atoms with van der Waals surface area (Å²) in [7, 11) is 1.59. The molecule has 9 nitrogen and oxygen atoms in total. The summed E-state index contributed by atoms with van der Waals surface area (Å²) in [6.45, 7) is -0.467. The molecule has 2 N–H and O–H groups in total. The second kappa shape index (κ2) is 12.1. The molecule has 3 heterocycles. The number of aryl methyl sites for hydroxylation is 1. The summed E-state index contributed by atoms with van der Waals surface area (Å²) in [5.41, 5.74) is 3.81. The molecule has 0 bridgehead atoms. The number of pyridine rings is 1. The quantitative estimate of drug-likeness (QED) is 0.220. The number of anilines is 2. The Morgan fingerprint density at radius 1 is 1.02 bits per heavy atom. The van der Waals surface area contributed by atoms with E-state index in [9.17, 15) is 0 Å². The highest BCUT2D eigenvalue weighted by Gasteiger charge is 2.23. The number of fused-ring (bicyclic) bond motifs is 2. The van der Waals surface area contributed by atoms with E-state index in [0.717, 1.165) is 66.6 Å². The topological polar surface area (TPSA) is 107 Å². The highest BCUT2D eigenvalue weighted by atomic mass is 19.1. The fourth-order valence-corrected chi connectivity index (χ4v) is 5.29. The zero-order valence-electron chi connectivity index (χ0n) is 23.1. The molecule has 6 rings (SSSR count). The molecule has 0 amide bonds. The molecule has 0 saturated heterocycles. The van der Waals surface area contributed by atoms with Crippen molar-refractivity contribution >= 4 is 22.4 Å². The van der Waals surface area contributed by atoms with E-state index < -0.39 is 11.6 Å². The molecule has 0 aliphatic heterocycles. The minimum atomic E-state index is -0.761. The van der Waals surface area contributed by atoms with Crippen molar-refractivity contribution in [2.75, 3.05) is 25.6 Å². The van der Waals surface area contributed by atoms with Crippen LogP contribution in [0.3, 0.4) is 0 Å². The number of methoxy groups -OCH3 is 1.